The van der Waals surface area contributed by atoms with E-state index in [1.54, 1.807) is 30.6 Å². The fourth-order valence-corrected chi connectivity index (χ4v) is 4.94. The van der Waals surface area contributed by atoms with Gasteiger partial charge >= 0.3 is 0 Å². The molecular formula is C22H30N6O3S. The Bertz CT molecular complexity index is 1140. The summed E-state index contributed by atoms with van der Waals surface area (Å²) in [6.07, 6.45) is 7.75. The minimum Gasteiger partial charge on any atom is -0.476 e. The van der Waals surface area contributed by atoms with Gasteiger partial charge in [-0.2, -0.15) is 9.97 Å². The second kappa shape index (κ2) is 9.83. The molecule has 172 valence electrons. The van der Waals surface area contributed by atoms with E-state index in [0.29, 0.717) is 47.7 Å². The molecule has 1 aromatic carbocycles. The highest BCUT2D eigenvalue weighted by molar-refractivity contribution is 7.89. The molecule has 4 rings (SSSR count). The Balaban J connectivity index is 1.48. The Hall–Kier alpha value is -2.72. The summed E-state index contributed by atoms with van der Waals surface area (Å²) in [5, 5.41) is 3.12. The second-order valence-corrected chi connectivity index (χ2v) is 10.4. The van der Waals surface area contributed by atoms with Gasteiger partial charge in [-0.15, -0.1) is 0 Å². The van der Waals surface area contributed by atoms with Crippen LogP contribution in [0.2, 0.25) is 0 Å². The summed E-state index contributed by atoms with van der Waals surface area (Å²) in [6.45, 7) is 4.93. The van der Waals surface area contributed by atoms with Gasteiger partial charge in [0.05, 0.1) is 17.8 Å². The number of rotatable bonds is 9. The molecule has 0 amide bonds. The van der Waals surface area contributed by atoms with E-state index in [-0.39, 0.29) is 10.8 Å². The zero-order valence-electron chi connectivity index (χ0n) is 18.5. The predicted molar refractivity (Wildman–Crippen MR) is 124 cm³/mol. The number of ether oxygens (including phenoxy) is 1. The lowest BCUT2D eigenvalue weighted by Gasteiger charge is -2.21. The van der Waals surface area contributed by atoms with Gasteiger partial charge in [-0.05, 0) is 48.9 Å². The summed E-state index contributed by atoms with van der Waals surface area (Å²) >= 11 is 0. The van der Waals surface area contributed by atoms with Crippen molar-refractivity contribution < 1.29 is 13.2 Å². The number of hydrogen-bond donors (Lipinski definition) is 3. The molecule has 3 N–H and O–H groups in total. The number of benzene rings is 1. The van der Waals surface area contributed by atoms with Crippen molar-refractivity contribution in [1.82, 2.24) is 24.7 Å². The minimum atomic E-state index is -3.53. The topological polar surface area (TPSA) is 122 Å². The summed E-state index contributed by atoms with van der Waals surface area (Å²) < 4.78 is 33.4. The molecule has 0 aliphatic heterocycles. The summed E-state index contributed by atoms with van der Waals surface area (Å²) in [6, 6.07) is 6.48. The third-order valence-corrected chi connectivity index (χ3v) is 6.97. The molecule has 10 heteroatoms. The lowest BCUT2D eigenvalue weighted by atomic mass is 9.90. The van der Waals surface area contributed by atoms with E-state index in [0.717, 1.165) is 0 Å². The molecule has 1 fully saturated rings. The zero-order valence-corrected chi connectivity index (χ0v) is 19.3. The number of H-pyrrole nitrogens is 1. The maximum Gasteiger partial charge on any atom is 0.245 e. The van der Waals surface area contributed by atoms with Crippen LogP contribution in [0.4, 0.5) is 11.6 Å². The molecule has 0 saturated heterocycles. The smallest absolute Gasteiger partial charge is 0.245 e. The number of anilines is 2. The number of imidazole rings is 1. The minimum absolute atomic E-state index is 0.212. The van der Waals surface area contributed by atoms with E-state index in [4.69, 9.17) is 4.74 Å². The van der Waals surface area contributed by atoms with Crippen molar-refractivity contribution in [3.63, 3.8) is 0 Å². The number of aromatic nitrogens is 4. The molecule has 0 atom stereocenters. The summed E-state index contributed by atoms with van der Waals surface area (Å²) in [5.41, 5.74) is 1.85. The quantitative estimate of drug-likeness (QED) is 0.443. The molecule has 32 heavy (non-hydrogen) atoms. The molecule has 1 aliphatic rings. The lowest BCUT2D eigenvalue weighted by Crippen LogP contribution is -2.27. The Labute approximate surface area is 188 Å². The van der Waals surface area contributed by atoms with E-state index < -0.39 is 10.0 Å². The summed E-state index contributed by atoms with van der Waals surface area (Å²) in [4.78, 5) is 16.5. The number of nitrogens with one attached hydrogen (secondary N) is 3. The number of nitrogens with zero attached hydrogens (tertiary/aromatic N) is 3. The third-order valence-electron chi connectivity index (χ3n) is 5.54. The lowest BCUT2D eigenvalue weighted by molar-refractivity contribution is 0.205. The first-order valence-electron chi connectivity index (χ1n) is 11.1. The largest absolute Gasteiger partial charge is 0.476 e. The van der Waals surface area contributed by atoms with Crippen LogP contribution in [0, 0.1) is 11.8 Å². The highest BCUT2D eigenvalue weighted by Gasteiger charge is 2.18. The Morgan fingerprint density at radius 2 is 1.88 bits per heavy atom. The fraction of sp³-hybridized carbons (Fsp3) is 0.500. The van der Waals surface area contributed by atoms with Crippen molar-refractivity contribution in [2.45, 2.75) is 50.8 Å². The van der Waals surface area contributed by atoms with Gasteiger partial charge in [-0.25, -0.2) is 18.1 Å². The fourth-order valence-electron chi connectivity index (χ4n) is 3.72. The molecular weight excluding hydrogens is 428 g/mol. The van der Waals surface area contributed by atoms with Crippen molar-refractivity contribution in [2.75, 3.05) is 18.5 Å². The van der Waals surface area contributed by atoms with Gasteiger partial charge in [0, 0.05) is 12.2 Å². The Morgan fingerprint density at radius 1 is 1.12 bits per heavy atom. The highest BCUT2D eigenvalue weighted by atomic mass is 32.2. The van der Waals surface area contributed by atoms with Crippen molar-refractivity contribution >= 4 is 32.8 Å². The SMILES string of the molecule is CC(C)CNS(=O)(=O)c1ccc(Nc2nc(OCC3CCCCC3)c3[nH]cnc3n2)cc1. The van der Waals surface area contributed by atoms with Crippen LogP contribution < -0.4 is 14.8 Å². The first-order chi connectivity index (χ1) is 15.4. The van der Waals surface area contributed by atoms with Gasteiger partial charge in [-0.3, -0.25) is 0 Å². The van der Waals surface area contributed by atoms with Crippen molar-refractivity contribution in [3.8, 4) is 5.88 Å². The molecule has 3 aromatic rings. The van der Waals surface area contributed by atoms with Gasteiger partial charge in [-0.1, -0.05) is 33.1 Å². The Kier molecular flexibility index (Phi) is 6.90. The van der Waals surface area contributed by atoms with Crippen LogP contribution in [0.3, 0.4) is 0 Å². The second-order valence-electron chi connectivity index (χ2n) is 8.66. The molecule has 1 aliphatic carbocycles. The van der Waals surface area contributed by atoms with Crippen molar-refractivity contribution in [3.05, 3.63) is 30.6 Å². The van der Waals surface area contributed by atoms with Crippen LogP contribution in [0.25, 0.3) is 11.2 Å². The molecule has 9 nitrogen and oxygen atoms in total. The average Bonchev–Trinajstić information content (AvgIpc) is 3.26. The van der Waals surface area contributed by atoms with Crippen LogP contribution in [0.15, 0.2) is 35.5 Å². The van der Waals surface area contributed by atoms with E-state index in [2.05, 4.69) is 30.0 Å². The van der Waals surface area contributed by atoms with Crippen molar-refractivity contribution in [1.29, 1.82) is 0 Å². The van der Waals surface area contributed by atoms with Gasteiger partial charge in [0.1, 0.15) is 5.52 Å². The van der Waals surface area contributed by atoms with Gasteiger partial charge in [0.25, 0.3) is 0 Å². The number of sulfonamides is 1. The maximum absolute atomic E-state index is 12.4. The van der Waals surface area contributed by atoms with E-state index >= 15 is 0 Å². The van der Waals surface area contributed by atoms with Crippen LogP contribution in [0.1, 0.15) is 46.0 Å². The van der Waals surface area contributed by atoms with E-state index in [1.807, 2.05) is 13.8 Å². The number of hydrogen-bond acceptors (Lipinski definition) is 7. The van der Waals surface area contributed by atoms with Gasteiger partial charge < -0.3 is 15.0 Å². The standard InChI is InChI=1S/C22H30N6O3S/c1-15(2)12-25-32(29,30)18-10-8-17(9-11-18)26-22-27-20-19(23-14-24-20)21(28-22)31-13-16-6-4-3-5-7-16/h8-11,14-16,25H,3-7,12-13H2,1-2H3,(H2,23,24,26,27,28). The first kappa shape index (κ1) is 22.5. The predicted octanol–water partition coefficient (Wildman–Crippen LogP) is 3.99. The number of fused-ring (bicyclic) bond motifs is 1. The molecule has 2 aromatic heterocycles. The van der Waals surface area contributed by atoms with Gasteiger partial charge in [0.2, 0.25) is 21.9 Å². The summed E-state index contributed by atoms with van der Waals surface area (Å²) in [7, 11) is -3.53. The first-order valence-corrected chi connectivity index (χ1v) is 12.6. The molecule has 0 spiro atoms. The summed E-state index contributed by atoms with van der Waals surface area (Å²) in [5.74, 6) is 1.59. The van der Waals surface area contributed by atoms with E-state index in [9.17, 15) is 8.42 Å². The molecule has 0 radical (unpaired) electrons. The normalized spacial score (nSPS) is 15.3. The Morgan fingerprint density at radius 3 is 2.59 bits per heavy atom. The van der Waals surface area contributed by atoms with Crippen LogP contribution in [0.5, 0.6) is 5.88 Å². The highest BCUT2D eigenvalue weighted by Crippen LogP contribution is 2.27. The zero-order chi connectivity index (χ0) is 22.6. The van der Waals surface area contributed by atoms with Crippen LogP contribution in [-0.2, 0) is 10.0 Å². The molecule has 0 unspecified atom stereocenters. The molecule has 2 heterocycles. The average molecular weight is 459 g/mol. The molecule has 1 saturated carbocycles. The monoisotopic (exact) mass is 458 g/mol. The van der Waals surface area contributed by atoms with Crippen LogP contribution >= 0.6 is 0 Å². The maximum atomic E-state index is 12.4. The third kappa shape index (κ3) is 5.55. The number of aromatic amines is 1. The van der Waals surface area contributed by atoms with Crippen LogP contribution in [-0.4, -0.2) is 41.5 Å². The van der Waals surface area contributed by atoms with Gasteiger partial charge in [0.15, 0.2) is 5.65 Å². The van der Waals surface area contributed by atoms with Crippen molar-refractivity contribution in [2.24, 2.45) is 11.8 Å². The van der Waals surface area contributed by atoms with E-state index in [1.165, 1.54) is 32.1 Å². The molecule has 0 bridgehead atoms.